The summed E-state index contributed by atoms with van der Waals surface area (Å²) in [5.41, 5.74) is -0.442. The summed E-state index contributed by atoms with van der Waals surface area (Å²) < 4.78 is 10.9. The van der Waals surface area contributed by atoms with Crippen LogP contribution >= 0.6 is 0 Å². The fourth-order valence-electron chi connectivity index (χ4n) is 1.79. The molecule has 1 amide bonds. The Labute approximate surface area is 108 Å². The molecule has 0 spiro atoms. The van der Waals surface area contributed by atoms with E-state index in [1.807, 2.05) is 20.8 Å². The molecule has 0 saturated carbocycles. The van der Waals surface area contributed by atoms with E-state index < -0.39 is 5.60 Å². The highest BCUT2D eigenvalue weighted by molar-refractivity contribution is 5.68. The SMILES string of the molecule is CC(C)(C)OC(=O)N1CCC(OCCON)CC1. The minimum Gasteiger partial charge on any atom is -0.444 e. The van der Waals surface area contributed by atoms with Crippen molar-refractivity contribution in [1.29, 1.82) is 0 Å². The summed E-state index contributed by atoms with van der Waals surface area (Å²) in [5, 5.41) is 0. The molecule has 0 bridgehead atoms. The molecule has 0 unspecified atom stereocenters. The molecule has 1 rings (SSSR count). The average Bonchev–Trinajstić information content (AvgIpc) is 2.28. The Morgan fingerprint density at radius 3 is 2.39 bits per heavy atom. The number of carbonyl (C=O) groups excluding carboxylic acids is 1. The van der Waals surface area contributed by atoms with Crippen molar-refractivity contribution < 1.29 is 19.1 Å². The van der Waals surface area contributed by atoms with Gasteiger partial charge in [0.1, 0.15) is 5.60 Å². The third kappa shape index (κ3) is 5.66. The van der Waals surface area contributed by atoms with Crippen molar-refractivity contribution in [1.82, 2.24) is 4.90 Å². The van der Waals surface area contributed by atoms with E-state index in [1.165, 1.54) is 0 Å². The number of likely N-dealkylation sites (tertiary alicyclic amines) is 1. The summed E-state index contributed by atoms with van der Waals surface area (Å²) >= 11 is 0. The summed E-state index contributed by atoms with van der Waals surface area (Å²) in [6, 6.07) is 0. The summed E-state index contributed by atoms with van der Waals surface area (Å²) in [6.45, 7) is 7.83. The maximum absolute atomic E-state index is 11.8. The van der Waals surface area contributed by atoms with Crippen molar-refractivity contribution in [2.24, 2.45) is 5.90 Å². The van der Waals surface area contributed by atoms with Crippen molar-refractivity contribution in [2.75, 3.05) is 26.3 Å². The molecule has 1 heterocycles. The zero-order valence-electron chi connectivity index (χ0n) is 11.5. The van der Waals surface area contributed by atoms with E-state index in [-0.39, 0.29) is 12.2 Å². The Bertz CT molecular complexity index is 257. The largest absolute Gasteiger partial charge is 0.444 e. The van der Waals surface area contributed by atoms with Crippen LogP contribution in [0.5, 0.6) is 0 Å². The van der Waals surface area contributed by atoms with Gasteiger partial charge in [-0.1, -0.05) is 0 Å². The second-order valence-corrected chi connectivity index (χ2v) is 5.41. The highest BCUT2D eigenvalue weighted by atomic mass is 16.6. The lowest BCUT2D eigenvalue weighted by molar-refractivity contribution is -0.0295. The van der Waals surface area contributed by atoms with Gasteiger partial charge in [0.05, 0.1) is 19.3 Å². The Hall–Kier alpha value is -0.850. The number of ether oxygens (including phenoxy) is 2. The smallest absolute Gasteiger partial charge is 0.410 e. The molecule has 0 atom stereocenters. The van der Waals surface area contributed by atoms with Gasteiger partial charge in [0.2, 0.25) is 0 Å². The van der Waals surface area contributed by atoms with E-state index >= 15 is 0 Å². The van der Waals surface area contributed by atoms with Gasteiger partial charge < -0.3 is 19.2 Å². The van der Waals surface area contributed by atoms with Crippen LogP contribution in [0.1, 0.15) is 33.6 Å². The van der Waals surface area contributed by atoms with Crippen LogP contribution in [0.2, 0.25) is 0 Å². The van der Waals surface area contributed by atoms with E-state index in [2.05, 4.69) is 4.84 Å². The minimum atomic E-state index is -0.442. The molecule has 0 radical (unpaired) electrons. The molecular weight excluding hydrogens is 236 g/mol. The molecule has 1 saturated heterocycles. The number of hydrogen-bond donors (Lipinski definition) is 1. The Kier molecular flexibility index (Phi) is 5.84. The Morgan fingerprint density at radius 1 is 1.28 bits per heavy atom. The third-order valence-electron chi connectivity index (χ3n) is 2.65. The van der Waals surface area contributed by atoms with Gasteiger partial charge >= 0.3 is 6.09 Å². The van der Waals surface area contributed by atoms with Crippen LogP contribution in [0.25, 0.3) is 0 Å². The molecule has 6 heteroatoms. The van der Waals surface area contributed by atoms with E-state index in [4.69, 9.17) is 15.4 Å². The van der Waals surface area contributed by atoms with Crippen molar-refractivity contribution in [3.63, 3.8) is 0 Å². The number of carbonyl (C=O) groups is 1. The number of piperidine rings is 1. The van der Waals surface area contributed by atoms with Gasteiger partial charge in [-0.2, -0.15) is 0 Å². The van der Waals surface area contributed by atoms with Crippen molar-refractivity contribution >= 4 is 6.09 Å². The number of nitrogens with zero attached hydrogens (tertiary/aromatic N) is 1. The molecule has 1 fully saturated rings. The maximum Gasteiger partial charge on any atom is 0.410 e. The van der Waals surface area contributed by atoms with Crippen LogP contribution in [0.4, 0.5) is 4.79 Å². The van der Waals surface area contributed by atoms with Crippen LogP contribution in [-0.2, 0) is 14.3 Å². The first-order valence-corrected chi connectivity index (χ1v) is 6.33. The summed E-state index contributed by atoms with van der Waals surface area (Å²) in [5.74, 6) is 4.92. The molecule has 106 valence electrons. The fraction of sp³-hybridized carbons (Fsp3) is 0.917. The summed E-state index contributed by atoms with van der Waals surface area (Å²) in [6.07, 6.45) is 1.58. The average molecular weight is 260 g/mol. The molecule has 1 aliphatic heterocycles. The zero-order valence-corrected chi connectivity index (χ0v) is 11.5. The number of rotatable bonds is 4. The van der Waals surface area contributed by atoms with Crippen molar-refractivity contribution in [3.05, 3.63) is 0 Å². The lowest BCUT2D eigenvalue weighted by atomic mass is 10.1. The highest BCUT2D eigenvalue weighted by Gasteiger charge is 2.26. The molecular formula is C12H24N2O4. The predicted molar refractivity (Wildman–Crippen MR) is 66.9 cm³/mol. The molecule has 6 nitrogen and oxygen atoms in total. The van der Waals surface area contributed by atoms with Gasteiger partial charge in [0, 0.05) is 13.1 Å². The fourth-order valence-corrected chi connectivity index (χ4v) is 1.79. The topological polar surface area (TPSA) is 74.0 Å². The van der Waals surface area contributed by atoms with Gasteiger partial charge in [0.25, 0.3) is 0 Å². The molecule has 2 N–H and O–H groups in total. The van der Waals surface area contributed by atoms with E-state index in [1.54, 1.807) is 4.90 Å². The minimum absolute atomic E-state index is 0.179. The van der Waals surface area contributed by atoms with Gasteiger partial charge in [-0.25, -0.2) is 10.7 Å². The normalized spacial score (nSPS) is 17.9. The highest BCUT2D eigenvalue weighted by Crippen LogP contribution is 2.17. The first-order valence-electron chi connectivity index (χ1n) is 6.33. The standard InChI is InChI=1S/C12H24N2O4/c1-12(2,3)18-11(15)14-6-4-10(5-7-14)16-8-9-17-13/h10H,4-9,13H2,1-3H3. The molecule has 0 aromatic rings. The number of hydrogen-bond acceptors (Lipinski definition) is 5. The van der Waals surface area contributed by atoms with Gasteiger partial charge in [-0.05, 0) is 33.6 Å². The lowest BCUT2D eigenvalue weighted by Crippen LogP contribution is -2.43. The number of nitrogens with two attached hydrogens (primary N) is 1. The van der Waals surface area contributed by atoms with E-state index in [9.17, 15) is 4.79 Å². The maximum atomic E-state index is 11.8. The Morgan fingerprint density at radius 2 is 1.89 bits per heavy atom. The summed E-state index contributed by atoms with van der Waals surface area (Å²) in [7, 11) is 0. The van der Waals surface area contributed by atoms with Gasteiger partial charge in [0.15, 0.2) is 0 Å². The first kappa shape index (κ1) is 15.2. The molecule has 1 aliphatic rings. The molecule has 0 aromatic heterocycles. The second kappa shape index (κ2) is 6.92. The lowest BCUT2D eigenvalue weighted by Gasteiger charge is -2.33. The quantitative estimate of drug-likeness (QED) is 0.609. The van der Waals surface area contributed by atoms with E-state index in [0.29, 0.717) is 26.3 Å². The van der Waals surface area contributed by atoms with Gasteiger partial charge in [-0.3, -0.25) is 0 Å². The summed E-state index contributed by atoms with van der Waals surface area (Å²) in [4.78, 5) is 18.0. The van der Waals surface area contributed by atoms with E-state index in [0.717, 1.165) is 12.8 Å². The van der Waals surface area contributed by atoms with Crippen LogP contribution in [0, 0.1) is 0 Å². The van der Waals surface area contributed by atoms with Gasteiger partial charge in [-0.15, -0.1) is 0 Å². The van der Waals surface area contributed by atoms with Crippen LogP contribution in [-0.4, -0.2) is 49.0 Å². The second-order valence-electron chi connectivity index (χ2n) is 5.41. The van der Waals surface area contributed by atoms with Crippen LogP contribution in [0.3, 0.4) is 0 Å². The Balaban J connectivity index is 2.24. The zero-order chi connectivity index (χ0) is 13.6. The van der Waals surface area contributed by atoms with Crippen LogP contribution in [0.15, 0.2) is 0 Å². The molecule has 0 aliphatic carbocycles. The van der Waals surface area contributed by atoms with Crippen LogP contribution < -0.4 is 5.90 Å². The predicted octanol–water partition coefficient (Wildman–Crippen LogP) is 1.29. The van der Waals surface area contributed by atoms with Crippen molar-refractivity contribution in [2.45, 2.75) is 45.3 Å². The number of amides is 1. The van der Waals surface area contributed by atoms with Crippen molar-refractivity contribution in [3.8, 4) is 0 Å². The molecule has 18 heavy (non-hydrogen) atoms. The first-order chi connectivity index (χ1) is 8.42. The third-order valence-corrected chi connectivity index (χ3v) is 2.65. The monoisotopic (exact) mass is 260 g/mol. The molecule has 0 aromatic carbocycles.